The second kappa shape index (κ2) is 8.99. The second-order valence-corrected chi connectivity index (χ2v) is 12.5. The molecule has 1 N–H and O–H groups in total. The zero-order valence-corrected chi connectivity index (χ0v) is 22.2. The van der Waals surface area contributed by atoms with E-state index in [4.69, 9.17) is 0 Å². The van der Waals surface area contributed by atoms with Gasteiger partial charge in [-0.15, -0.1) is 0 Å². The summed E-state index contributed by atoms with van der Waals surface area (Å²) in [6.07, 6.45) is -3.12. The lowest BCUT2D eigenvalue weighted by atomic mass is 9.47. The molecule has 1 aromatic carbocycles. The van der Waals surface area contributed by atoms with Crippen LogP contribution in [0.3, 0.4) is 0 Å². The molecule has 0 bridgehead atoms. The molecule has 1 heterocycles. The lowest BCUT2D eigenvalue weighted by Crippen LogP contribution is -2.68. The first-order valence-electron chi connectivity index (χ1n) is 13.5. The smallest absolute Gasteiger partial charge is 0.342 e. The molecule has 3 fully saturated rings. The maximum absolute atomic E-state index is 14.3. The van der Waals surface area contributed by atoms with Gasteiger partial charge in [0.15, 0.2) is 0 Å². The number of carbonyl (C=O) groups excluding carboxylic acids is 2. The molecule has 0 radical (unpaired) electrons. The summed E-state index contributed by atoms with van der Waals surface area (Å²) in [5.74, 6) is -3.09. The zero-order chi connectivity index (χ0) is 28.6. The number of benzene rings is 1. The van der Waals surface area contributed by atoms with Crippen molar-refractivity contribution in [1.82, 2.24) is 10.2 Å². The molecule has 1 aliphatic heterocycles. The van der Waals surface area contributed by atoms with Crippen LogP contribution in [0.4, 0.5) is 26.3 Å². The van der Waals surface area contributed by atoms with Gasteiger partial charge >= 0.3 is 12.4 Å². The van der Waals surface area contributed by atoms with Crippen LogP contribution in [0.1, 0.15) is 57.9 Å². The molecule has 4 nitrogen and oxygen atoms in total. The van der Waals surface area contributed by atoms with E-state index >= 15 is 0 Å². The standard InChI is InChI=1S/C29H34F6N2O2/c1-25-14-7-10-20(25)18-11-12-22-26(2,21(18)13-15-25)16-19(24(39)37(22)3)23(38)36-27(28(30,31)32,29(33,34)35)17-8-5-4-6-9-17/h4-9,14,18-22H,10-13,15-16H2,1-3H3,(H,36,38)/t18-,19?,20-,21+,22?,25-,26+/m0/s1. The number of likely N-dealkylation sites (tertiary alicyclic amines) is 1. The highest BCUT2D eigenvalue weighted by atomic mass is 19.4. The minimum atomic E-state index is -5.91. The fraction of sp³-hybridized carbons (Fsp3) is 0.655. The normalized spacial score (nSPS) is 36.7. The van der Waals surface area contributed by atoms with Crippen molar-refractivity contribution in [3.63, 3.8) is 0 Å². The molecule has 2 saturated carbocycles. The summed E-state index contributed by atoms with van der Waals surface area (Å²) >= 11 is 0. The Morgan fingerprint density at radius 1 is 0.974 bits per heavy atom. The number of hydrogen-bond acceptors (Lipinski definition) is 2. The van der Waals surface area contributed by atoms with Crippen LogP contribution in [0.25, 0.3) is 0 Å². The quantitative estimate of drug-likeness (QED) is 0.267. The molecule has 2 unspecified atom stereocenters. The molecule has 4 aliphatic rings. The van der Waals surface area contributed by atoms with Gasteiger partial charge in [0.1, 0.15) is 5.92 Å². The molecule has 1 aromatic rings. The van der Waals surface area contributed by atoms with Crippen molar-refractivity contribution >= 4 is 11.8 Å². The third-order valence-corrected chi connectivity index (χ3v) is 10.6. The monoisotopic (exact) mass is 556 g/mol. The second-order valence-electron chi connectivity index (χ2n) is 12.5. The van der Waals surface area contributed by atoms with Crippen molar-refractivity contribution in [3.05, 3.63) is 48.0 Å². The molecule has 0 spiro atoms. The predicted molar refractivity (Wildman–Crippen MR) is 132 cm³/mol. The Labute approximate surface area is 224 Å². The van der Waals surface area contributed by atoms with E-state index in [-0.39, 0.29) is 23.8 Å². The number of piperidine rings is 1. The van der Waals surface area contributed by atoms with Crippen LogP contribution in [-0.2, 0) is 15.1 Å². The summed E-state index contributed by atoms with van der Waals surface area (Å²) in [6, 6.07) is 4.55. The minimum absolute atomic E-state index is 0.0756. The van der Waals surface area contributed by atoms with Gasteiger partial charge in [0.2, 0.25) is 11.8 Å². The maximum Gasteiger partial charge on any atom is 0.424 e. The van der Waals surface area contributed by atoms with E-state index in [0.717, 1.165) is 37.8 Å². The third kappa shape index (κ3) is 4.02. The van der Waals surface area contributed by atoms with Gasteiger partial charge in [-0.3, -0.25) is 9.59 Å². The number of nitrogens with one attached hydrogen (secondary N) is 1. The van der Waals surface area contributed by atoms with Crippen molar-refractivity contribution in [2.24, 2.45) is 34.5 Å². The van der Waals surface area contributed by atoms with E-state index in [2.05, 4.69) is 19.1 Å². The van der Waals surface area contributed by atoms with Crippen LogP contribution in [-0.4, -0.2) is 42.2 Å². The molecular formula is C29H34F6N2O2. The summed E-state index contributed by atoms with van der Waals surface area (Å²) in [7, 11) is 1.52. The van der Waals surface area contributed by atoms with Crippen LogP contribution in [0.2, 0.25) is 0 Å². The molecule has 214 valence electrons. The van der Waals surface area contributed by atoms with Gasteiger partial charge < -0.3 is 10.2 Å². The van der Waals surface area contributed by atoms with Crippen LogP contribution in [0.15, 0.2) is 42.5 Å². The molecule has 10 heteroatoms. The Kier molecular flexibility index (Phi) is 6.46. The Bertz CT molecular complexity index is 1150. The average Bonchev–Trinajstić information content (AvgIpc) is 3.25. The lowest BCUT2D eigenvalue weighted by molar-refractivity contribution is -0.312. The summed E-state index contributed by atoms with van der Waals surface area (Å²) in [5, 5.41) is 1.33. The van der Waals surface area contributed by atoms with Crippen molar-refractivity contribution < 1.29 is 35.9 Å². The molecule has 3 aliphatic carbocycles. The van der Waals surface area contributed by atoms with Gasteiger partial charge in [0.25, 0.3) is 5.54 Å². The van der Waals surface area contributed by atoms with Crippen molar-refractivity contribution in [3.8, 4) is 0 Å². The number of rotatable bonds is 3. The number of amides is 2. The minimum Gasteiger partial charge on any atom is -0.342 e. The van der Waals surface area contributed by atoms with E-state index in [0.29, 0.717) is 30.4 Å². The van der Waals surface area contributed by atoms with Gasteiger partial charge in [0.05, 0.1) is 0 Å². The van der Waals surface area contributed by atoms with Gasteiger partial charge in [-0.25, -0.2) is 0 Å². The van der Waals surface area contributed by atoms with E-state index in [1.807, 2.05) is 6.92 Å². The number of halogens is 6. The fourth-order valence-electron chi connectivity index (χ4n) is 8.64. The summed E-state index contributed by atoms with van der Waals surface area (Å²) in [6.45, 7) is 4.22. The van der Waals surface area contributed by atoms with Crippen LogP contribution in [0, 0.1) is 34.5 Å². The van der Waals surface area contributed by atoms with Gasteiger partial charge in [-0.2, -0.15) is 26.3 Å². The van der Waals surface area contributed by atoms with Crippen LogP contribution >= 0.6 is 0 Å². The first-order valence-corrected chi connectivity index (χ1v) is 13.5. The molecule has 2 amide bonds. The van der Waals surface area contributed by atoms with Crippen molar-refractivity contribution in [2.75, 3.05) is 7.05 Å². The summed E-state index contributed by atoms with van der Waals surface area (Å²) in [4.78, 5) is 28.3. The zero-order valence-electron chi connectivity index (χ0n) is 22.2. The number of carbonyl (C=O) groups is 2. The highest BCUT2D eigenvalue weighted by Crippen LogP contribution is 2.63. The molecule has 0 aromatic heterocycles. The molecule has 1 saturated heterocycles. The average molecular weight is 557 g/mol. The highest BCUT2D eigenvalue weighted by Gasteiger charge is 2.73. The predicted octanol–water partition coefficient (Wildman–Crippen LogP) is 6.38. The van der Waals surface area contributed by atoms with Crippen molar-refractivity contribution in [2.45, 2.75) is 76.3 Å². The van der Waals surface area contributed by atoms with Gasteiger partial charge in [-0.05, 0) is 72.7 Å². The van der Waals surface area contributed by atoms with E-state index in [1.165, 1.54) is 23.3 Å². The molecule has 5 rings (SSSR count). The van der Waals surface area contributed by atoms with E-state index in [1.54, 1.807) is 0 Å². The van der Waals surface area contributed by atoms with E-state index < -0.39 is 46.6 Å². The largest absolute Gasteiger partial charge is 0.424 e. The Morgan fingerprint density at radius 3 is 2.23 bits per heavy atom. The first kappa shape index (κ1) is 28.0. The third-order valence-electron chi connectivity index (χ3n) is 10.6. The number of allylic oxidation sites excluding steroid dienone is 2. The topological polar surface area (TPSA) is 49.4 Å². The molecule has 39 heavy (non-hydrogen) atoms. The summed E-state index contributed by atoms with van der Waals surface area (Å²) in [5.41, 5.74) is -6.33. The molecule has 7 atom stereocenters. The Balaban J connectivity index is 1.50. The SMILES string of the molecule is CN1C(=O)C(C(=O)NC(c2ccccc2)(C(F)(F)F)C(F)(F)F)C[C@@]2(C)C1CC[C@@H]1[C@H]2CC[C@]2(C)C=CC[C@@H]12. The number of nitrogens with zero attached hydrogens (tertiary/aromatic N) is 1. The van der Waals surface area contributed by atoms with Crippen LogP contribution in [0.5, 0.6) is 0 Å². The van der Waals surface area contributed by atoms with E-state index in [9.17, 15) is 35.9 Å². The van der Waals surface area contributed by atoms with Crippen molar-refractivity contribution in [1.29, 1.82) is 0 Å². The number of alkyl halides is 6. The first-order chi connectivity index (χ1) is 18.1. The summed E-state index contributed by atoms with van der Waals surface area (Å²) < 4.78 is 86.1. The number of fused-ring (bicyclic) bond motifs is 5. The van der Waals surface area contributed by atoms with Gasteiger partial charge in [-0.1, -0.05) is 56.3 Å². The Morgan fingerprint density at radius 2 is 1.62 bits per heavy atom. The van der Waals surface area contributed by atoms with Crippen LogP contribution < -0.4 is 5.32 Å². The number of hydrogen-bond donors (Lipinski definition) is 1. The Hall–Kier alpha value is -2.52. The highest BCUT2D eigenvalue weighted by molar-refractivity contribution is 6.01. The van der Waals surface area contributed by atoms with Gasteiger partial charge in [0, 0.05) is 13.1 Å². The maximum atomic E-state index is 14.3. The lowest BCUT2D eigenvalue weighted by Gasteiger charge is -2.62. The molecular weight excluding hydrogens is 522 g/mol. The fourth-order valence-corrected chi connectivity index (χ4v) is 8.64.